The number of furan rings is 2. The Bertz CT molecular complexity index is 8280. The van der Waals surface area contributed by atoms with E-state index in [-0.39, 0.29) is 0 Å². The van der Waals surface area contributed by atoms with Gasteiger partial charge >= 0.3 is 0 Å². The van der Waals surface area contributed by atoms with Crippen LogP contribution in [0.15, 0.2) is 361 Å². The molecule has 25 aromatic rings. The van der Waals surface area contributed by atoms with Crippen LogP contribution in [-0.4, -0.2) is 39.0 Å². The maximum Gasteiger partial charge on any atom is 0.164 e. The molecule has 0 atom stereocenters. The predicted molar refractivity (Wildman–Crippen MR) is 474 cm³/mol. The zero-order valence-electron chi connectivity index (χ0n) is 60.7. The van der Waals surface area contributed by atoms with Gasteiger partial charge in [0, 0.05) is 128 Å². The van der Waals surface area contributed by atoms with Crippen LogP contribution in [0.3, 0.4) is 0 Å². The molecule has 12 heteroatoms. The van der Waals surface area contributed by atoms with E-state index >= 15 is 0 Å². The second-order valence-corrected chi connectivity index (χ2v) is 31.3. The summed E-state index contributed by atoms with van der Waals surface area (Å²) < 4.78 is 23.2. The highest BCUT2D eigenvalue weighted by Crippen LogP contribution is 2.47. The molecule has 114 heavy (non-hydrogen) atoms. The lowest BCUT2D eigenvalue weighted by molar-refractivity contribution is 0.669. The molecule has 530 valence electrons. The first-order valence-corrected chi connectivity index (χ1v) is 39.8. The van der Waals surface area contributed by atoms with Gasteiger partial charge in [-0.25, -0.2) is 29.9 Å². The van der Waals surface area contributed by atoms with E-state index in [0.29, 0.717) is 34.9 Å². The third kappa shape index (κ3) is 10.0. The van der Waals surface area contributed by atoms with E-state index in [0.717, 1.165) is 116 Å². The van der Waals surface area contributed by atoms with Gasteiger partial charge in [-0.15, -0.1) is 22.7 Å². The minimum absolute atomic E-state index is 0.599. The number of para-hydroxylation sites is 3. The maximum absolute atomic E-state index is 6.77. The average molecular weight is 1490 g/mol. The number of nitrogens with zero attached hydrogens (tertiary/aromatic N) is 8. The molecular formula is C102H58N8O2S2. The van der Waals surface area contributed by atoms with Crippen LogP contribution in [0.1, 0.15) is 0 Å². The van der Waals surface area contributed by atoms with Crippen LogP contribution < -0.4 is 0 Å². The van der Waals surface area contributed by atoms with Crippen molar-refractivity contribution in [3.05, 3.63) is 352 Å². The smallest absolute Gasteiger partial charge is 0.164 e. The third-order valence-electron chi connectivity index (χ3n) is 22.7. The van der Waals surface area contributed by atoms with E-state index in [9.17, 15) is 0 Å². The molecule has 0 saturated heterocycles. The van der Waals surface area contributed by atoms with Gasteiger partial charge in [0.25, 0.3) is 0 Å². The fourth-order valence-corrected chi connectivity index (χ4v) is 19.8. The minimum Gasteiger partial charge on any atom is -0.456 e. The minimum atomic E-state index is 0.599. The van der Waals surface area contributed by atoms with Gasteiger partial charge in [0.1, 0.15) is 22.3 Å². The summed E-state index contributed by atoms with van der Waals surface area (Å²) in [6.07, 6.45) is 0. The zero-order chi connectivity index (χ0) is 74.6. The summed E-state index contributed by atoms with van der Waals surface area (Å²) in [6, 6.07) is 124. The first kappa shape index (κ1) is 64.0. The Hall–Kier alpha value is -14.8. The summed E-state index contributed by atoms with van der Waals surface area (Å²) in [5.41, 5.74) is 15.7. The van der Waals surface area contributed by atoms with Gasteiger partial charge in [-0.2, -0.15) is 0 Å². The second kappa shape index (κ2) is 25.4. The largest absolute Gasteiger partial charge is 0.456 e. The lowest BCUT2D eigenvalue weighted by atomic mass is 9.98. The van der Waals surface area contributed by atoms with Crippen molar-refractivity contribution in [2.24, 2.45) is 0 Å². The van der Waals surface area contributed by atoms with Gasteiger partial charge < -0.3 is 18.0 Å². The molecule has 0 aliphatic rings. The number of fused-ring (bicyclic) bond motifs is 24. The van der Waals surface area contributed by atoms with Gasteiger partial charge in [0.05, 0.1) is 22.1 Å². The van der Waals surface area contributed by atoms with Crippen LogP contribution in [0.25, 0.3) is 240 Å². The Morgan fingerprint density at radius 2 is 0.623 bits per heavy atom. The van der Waals surface area contributed by atoms with Crippen molar-refractivity contribution in [2.45, 2.75) is 0 Å². The maximum atomic E-state index is 6.77. The Morgan fingerprint density at radius 3 is 1.22 bits per heavy atom. The number of rotatable bonds is 8. The van der Waals surface area contributed by atoms with Gasteiger partial charge in [0.15, 0.2) is 34.9 Å². The molecule has 10 nitrogen and oxygen atoms in total. The van der Waals surface area contributed by atoms with E-state index in [1.807, 2.05) is 48.5 Å². The molecule has 0 fully saturated rings. The van der Waals surface area contributed by atoms with Crippen molar-refractivity contribution in [1.82, 2.24) is 39.0 Å². The fraction of sp³-hybridized carbons (Fsp3) is 0. The van der Waals surface area contributed by atoms with Crippen LogP contribution >= 0.6 is 22.7 Å². The number of benzene rings is 17. The van der Waals surface area contributed by atoms with Crippen molar-refractivity contribution in [3.8, 4) is 79.7 Å². The standard InChI is InChI=1S/C53H30N4OS.C49H28N4OS/c1-2-14-32(15-3-1)51-54-52(39-21-12-24-47-50(39)38-20-9-11-23-46(38)59-47)56-53(55-51)40-30-45-49(36-18-7-6-17-35(36)40)41-29-33(26-28-44(41)58-45)57-42-22-10-8-19-37(42)48-34-16-5-4-13-31(34)25-27-43(48)57;1-2-12-29(13-3-1)47-50-48(30-22-25-45-37(26-30)35-17-8-11-21-44(35)55-45)52-49(51-47)38-28-43-46(36-18-5-4-14-32(36)38)39-27-31(23-24-42(39)54-43)53-40-19-9-6-15-33(40)34-16-7-10-20-41(34)53/h1-30H;1-28H. The highest BCUT2D eigenvalue weighted by molar-refractivity contribution is 7.26. The van der Waals surface area contributed by atoms with Crippen LogP contribution in [0.4, 0.5) is 0 Å². The molecule has 0 amide bonds. The average Bonchev–Trinajstić information content (AvgIpc) is 1.54. The molecular weight excluding hydrogens is 1430 g/mol. The summed E-state index contributed by atoms with van der Waals surface area (Å²) >= 11 is 3.60. The molecule has 0 spiro atoms. The van der Waals surface area contributed by atoms with Gasteiger partial charge in [-0.3, -0.25) is 0 Å². The molecule has 0 bridgehead atoms. The van der Waals surface area contributed by atoms with Crippen LogP contribution in [-0.2, 0) is 0 Å². The summed E-state index contributed by atoms with van der Waals surface area (Å²) in [7, 11) is 0. The molecule has 8 aromatic heterocycles. The zero-order valence-corrected chi connectivity index (χ0v) is 62.3. The van der Waals surface area contributed by atoms with Crippen LogP contribution in [0.5, 0.6) is 0 Å². The van der Waals surface area contributed by atoms with Crippen molar-refractivity contribution < 1.29 is 8.83 Å². The molecule has 0 radical (unpaired) electrons. The van der Waals surface area contributed by atoms with E-state index in [1.165, 1.54) is 89.3 Å². The summed E-state index contributed by atoms with van der Waals surface area (Å²) in [5, 5.41) is 20.8. The number of aromatic nitrogens is 8. The van der Waals surface area contributed by atoms with E-state index in [1.54, 1.807) is 22.7 Å². The van der Waals surface area contributed by atoms with Crippen molar-refractivity contribution >= 4 is 183 Å². The molecule has 0 aliphatic carbocycles. The molecule has 25 rings (SSSR count). The highest BCUT2D eigenvalue weighted by Gasteiger charge is 2.26. The Balaban J connectivity index is 0.000000132. The van der Waals surface area contributed by atoms with Crippen LogP contribution in [0.2, 0.25) is 0 Å². The van der Waals surface area contributed by atoms with Gasteiger partial charge in [-0.1, -0.05) is 243 Å². The topological polar surface area (TPSA) is 113 Å². The van der Waals surface area contributed by atoms with Gasteiger partial charge in [0.2, 0.25) is 0 Å². The van der Waals surface area contributed by atoms with Crippen molar-refractivity contribution in [1.29, 1.82) is 0 Å². The summed E-state index contributed by atoms with van der Waals surface area (Å²) in [6.45, 7) is 0. The monoisotopic (exact) mass is 1490 g/mol. The van der Waals surface area contributed by atoms with Crippen LogP contribution in [0, 0.1) is 0 Å². The molecule has 0 saturated carbocycles. The van der Waals surface area contributed by atoms with Gasteiger partial charge in [-0.05, 0) is 142 Å². The fourth-order valence-electron chi connectivity index (χ4n) is 17.6. The SMILES string of the molecule is c1ccc(-c2nc(-c3cc4oc5ccc(-n6c7ccccc7c7c8ccccc8ccc76)cc5c4c4ccccc34)nc(-c3cccc4sc5ccccc5c34)n2)cc1.c1ccc(-c2nc(-c3ccc4sc5ccccc5c4c3)nc(-c3cc4oc5ccc(-n6c7ccccc7c7ccccc76)cc5c4c4ccccc34)n2)cc1. The number of hydrogen-bond donors (Lipinski definition) is 0. The highest BCUT2D eigenvalue weighted by atomic mass is 32.1. The third-order valence-corrected chi connectivity index (χ3v) is 25.0. The number of hydrogen-bond acceptors (Lipinski definition) is 10. The van der Waals surface area contributed by atoms with E-state index in [4.69, 9.17) is 38.7 Å². The predicted octanol–water partition coefficient (Wildman–Crippen LogP) is 27.9. The molecule has 0 unspecified atom stereocenters. The molecule has 0 N–H and O–H groups in total. The first-order chi connectivity index (χ1) is 56.5. The summed E-state index contributed by atoms with van der Waals surface area (Å²) in [5.74, 6) is 3.72. The van der Waals surface area contributed by atoms with Crippen molar-refractivity contribution in [2.75, 3.05) is 0 Å². The number of thiophene rings is 2. The molecule has 17 aromatic carbocycles. The molecule has 0 aliphatic heterocycles. The van der Waals surface area contributed by atoms with E-state index < -0.39 is 0 Å². The van der Waals surface area contributed by atoms with E-state index in [2.05, 4.69) is 312 Å². The quantitative estimate of drug-likeness (QED) is 0.148. The lowest BCUT2D eigenvalue weighted by Gasteiger charge is -2.12. The normalized spacial score (nSPS) is 12.0. The second-order valence-electron chi connectivity index (χ2n) is 29.1. The Labute approximate surface area is 657 Å². The Kier molecular flexibility index (Phi) is 14.3. The first-order valence-electron chi connectivity index (χ1n) is 38.1. The van der Waals surface area contributed by atoms with Crippen molar-refractivity contribution in [3.63, 3.8) is 0 Å². The summed E-state index contributed by atoms with van der Waals surface area (Å²) in [4.78, 5) is 31.1. The lowest BCUT2D eigenvalue weighted by Crippen LogP contribution is -2.01. The molecule has 8 heterocycles. The Morgan fingerprint density at radius 1 is 0.202 bits per heavy atom.